The van der Waals surface area contributed by atoms with Gasteiger partial charge >= 0.3 is 5.97 Å². The Kier molecular flexibility index (Phi) is 7.72. The van der Waals surface area contributed by atoms with Crippen LogP contribution in [0, 0.1) is 0 Å². The summed E-state index contributed by atoms with van der Waals surface area (Å²) in [4.78, 5) is 11.1. The third kappa shape index (κ3) is 7.04. The van der Waals surface area contributed by atoms with E-state index in [9.17, 15) is 9.90 Å². The molecular weight excluding hydrogens is 216 g/mol. The van der Waals surface area contributed by atoms with Crippen molar-refractivity contribution in [3.63, 3.8) is 0 Å². The van der Waals surface area contributed by atoms with Gasteiger partial charge in [-0.3, -0.25) is 4.79 Å². The lowest BCUT2D eigenvalue weighted by atomic mass is 10.1. The molecule has 0 aliphatic rings. The summed E-state index contributed by atoms with van der Waals surface area (Å²) in [5.74, 6) is -0.576. The van der Waals surface area contributed by atoms with Crippen molar-refractivity contribution in [2.45, 2.75) is 77.1 Å². The summed E-state index contributed by atoms with van der Waals surface area (Å²) in [7, 11) is -1.52. The summed E-state index contributed by atoms with van der Waals surface area (Å²) in [6, 6.07) is 0. The van der Waals surface area contributed by atoms with Gasteiger partial charge < -0.3 is 5.11 Å². The Balaban J connectivity index is 3.75. The summed E-state index contributed by atoms with van der Waals surface area (Å²) in [6.07, 6.45) is 8.34. The first-order valence-electron chi connectivity index (χ1n) is 6.62. The second-order valence-corrected chi connectivity index (χ2v) is 11.2. The maximum Gasteiger partial charge on any atom is 0.303 e. The minimum absolute atomic E-state index is 0.0568. The molecule has 3 heteroatoms. The summed E-state index contributed by atoms with van der Waals surface area (Å²) in [5, 5.41) is 9.18. The minimum atomic E-state index is -1.52. The molecule has 1 N–H and O–H groups in total. The van der Waals surface area contributed by atoms with Crippen LogP contribution in [0.5, 0.6) is 0 Å². The van der Waals surface area contributed by atoms with Gasteiger partial charge in [-0.1, -0.05) is 65.1 Å². The molecule has 0 saturated heterocycles. The molecule has 0 aromatic heterocycles. The van der Waals surface area contributed by atoms with Crippen LogP contribution in [0.1, 0.15) is 51.9 Å². The average Bonchev–Trinajstić information content (AvgIpc) is 2.13. The molecule has 96 valence electrons. The average molecular weight is 244 g/mol. The molecule has 1 unspecified atom stereocenters. The molecule has 0 spiro atoms. The summed E-state index contributed by atoms with van der Waals surface area (Å²) < 4.78 is 0. The highest BCUT2D eigenvalue weighted by Gasteiger charge is 2.31. The number of hydrogen-bond acceptors (Lipinski definition) is 1. The topological polar surface area (TPSA) is 37.3 Å². The SMILES string of the molecule is CCCCCCCCC(C(=O)O)[Si](C)(C)C. The zero-order valence-electron chi connectivity index (χ0n) is 11.4. The van der Waals surface area contributed by atoms with Gasteiger partial charge in [-0.15, -0.1) is 0 Å². The molecule has 2 nitrogen and oxygen atoms in total. The Hall–Kier alpha value is -0.313. The highest BCUT2D eigenvalue weighted by molar-refractivity contribution is 6.80. The molecule has 0 aliphatic heterocycles. The molecule has 0 fully saturated rings. The molecule has 0 saturated carbocycles. The Bertz CT molecular complexity index is 197. The highest BCUT2D eigenvalue weighted by atomic mass is 28.3. The van der Waals surface area contributed by atoms with Crippen molar-refractivity contribution in [3.05, 3.63) is 0 Å². The first-order valence-corrected chi connectivity index (χ1v) is 10.2. The molecular formula is C13H28O2Si. The zero-order valence-corrected chi connectivity index (χ0v) is 12.4. The van der Waals surface area contributed by atoms with Gasteiger partial charge in [0.1, 0.15) is 0 Å². The van der Waals surface area contributed by atoms with Crippen LogP contribution < -0.4 is 0 Å². The maximum absolute atomic E-state index is 11.1. The molecule has 0 radical (unpaired) electrons. The standard InChI is InChI=1S/C13H28O2Si/c1-5-6-7-8-9-10-11-12(13(14)15)16(2,3)4/h12H,5-11H2,1-4H3,(H,14,15). The van der Waals surface area contributed by atoms with Gasteiger partial charge in [-0.25, -0.2) is 0 Å². The van der Waals surface area contributed by atoms with Gasteiger partial charge in [0.05, 0.1) is 13.6 Å². The van der Waals surface area contributed by atoms with Crippen LogP contribution in [0.2, 0.25) is 25.2 Å². The van der Waals surface area contributed by atoms with E-state index in [-0.39, 0.29) is 5.54 Å². The maximum atomic E-state index is 11.1. The van der Waals surface area contributed by atoms with Crippen LogP contribution >= 0.6 is 0 Å². The van der Waals surface area contributed by atoms with Gasteiger partial charge in [-0.05, 0) is 6.42 Å². The van der Waals surface area contributed by atoms with E-state index in [0.29, 0.717) is 0 Å². The number of carboxylic acid groups (broad SMARTS) is 1. The monoisotopic (exact) mass is 244 g/mol. The molecule has 16 heavy (non-hydrogen) atoms. The Morgan fingerprint density at radius 1 is 1.06 bits per heavy atom. The number of hydrogen-bond donors (Lipinski definition) is 1. The van der Waals surface area contributed by atoms with Crippen LogP contribution in [0.15, 0.2) is 0 Å². The zero-order chi connectivity index (χ0) is 12.6. The van der Waals surface area contributed by atoms with E-state index >= 15 is 0 Å². The fourth-order valence-corrected chi connectivity index (χ4v) is 3.87. The number of carbonyl (C=O) groups is 1. The van der Waals surface area contributed by atoms with Crippen LogP contribution in [0.3, 0.4) is 0 Å². The predicted molar refractivity (Wildman–Crippen MR) is 72.7 cm³/mol. The Morgan fingerprint density at radius 3 is 2.00 bits per heavy atom. The number of rotatable bonds is 9. The van der Waals surface area contributed by atoms with Crippen molar-refractivity contribution in [1.29, 1.82) is 0 Å². The van der Waals surface area contributed by atoms with Gasteiger partial charge in [0.2, 0.25) is 0 Å². The quantitative estimate of drug-likeness (QED) is 0.478. The van der Waals surface area contributed by atoms with Crippen molar-refractivity contribution in [2.24, 2.45) is 0 Å². The molecule has 0 rings (SSSR count). The van der Waals surface area contributed by atoms with Crippen molar-refractivity contribution >= 4 is 14.0 Å². The molecule has 0 bridgehead atoms. The van der Waals surface area contributed by atoms with Crippen molar-refractivity contribution in [1.82, 2.24) is 0 Å². The molecule has 0 aliphatic carbocycles. The van der Waals surface area contributed by atoms with Crippen LogP contribution in [0.25, 0.3) is 0 Å². The van der Waals surface area contributed by atoms with Gasteiger partial charge in [0.15, 0.2) is 0 Å². The second-order valence-electron chi connectivity index (χ2n) is 5.81. The van der Waals surface area contributed by atoms with Crippen LogP contribution in [-0.4, -0.2) is 19.1 Å². The molecule has 0 aromatic rings. The van der Waals surface area contributed by atoms with E-state index in [1.807, 2.05) is 0 Å². The first-order chi connectivity index (χ1) is 7.39. The van der Waals surface area contributed by atoms with Crippen molar-refractivity contribution < 1.29 is 9.90 Å². The van der Waals surface area contributed by atoms with Crippen LogP contribution in [-0.2, 0) is 4.79 Å². The molecule has 0 aromatic carbocycles. The predicted octanol–water partition coefficient (Wildman–Crippen LogP) is 4.53. The lowest BCUT2D eigenvalue weighted by molar-refractivity contribution is -0.137. The van der Waals surface area contributed by atoms with E-state index in [0.717, 1.165) is 12.8 Å². The first kappa shape index (κ1) is 15.7. The normalized spacial score (nSPS) is 13.8. The summed E-state index contributed by atoms with van der Waals surface area (Å²) in [5.41, 5.74) is -0.0568. The van der Waals surface area contributed by atoms with Gasteiger partial charge in [0, 0.05) is 0 Å². The summed E-state index contributed by atoms with van der Waals surface area (Å²) in [6.45, 7) is 8.68. The Labute approximate surface area is 101 Å². The molecule has 1 atom stereocenters. The van der Waals surface area contributed by atoms with E-state index in [2.05, 4.69) is 26.6 Å². The van der Waals surface area contributed by atoms with Gasteiger partial charge in [-0.2, -0.15) is 0 Å². The number of carboxylic acids is 1. The number of aliphatic carboxylic acids is 1. The smallest absolute Gasteiger partial charge is 0.303 e. The van der Waals surface area contributed by atoms with E-state index in [1.54, 1.807) is 0 Å². The molecule has 0 heterocycles. The fraction of sp³-hybridized carbons (Fsp3) is 0.923. The van der Waals surface area contributed by atoms with E-state index < -0.39 is 14.0 Å². The Morgan fingerprint density at radius 2 is 1.56 bits per heavy atom. The third-order valence-corrected chi connectivity index (χ3v) is 5.82. The minimum Gasteiger partial charge on any atom is -0.481 e. The molecule has 0 amide bonds. The van der Waals surface area contributed by atoms with E-state index in [1.165, 1.54) is 32.1 Å². The van der Waals surface area contributed by atoms with Crippen molar-refractivity contribution in [3.8, 4) is 0 Å². The fourth-order valence-electron chi connectivity index (χ4n) is 2.06. The highest BCUT2D eigenvalue weighted by Crippen LogP contribution is 2.28. The number of unbranched alkanes of at least 4 members (excludes halogenated alkanes) is 5. The largest absolute Gasteiger partial charge is 0.481 e. The van der Waals surface area contributed by atoms with Crippen molar-refractivity contribution in [2.75, 3.05) is 0 Å². The summed E-state index contributed by atoms with van der Waals surface area (Å²) >= 11 is 0. The van der Waals surface area contributed by atoms with E-state index in [4.69, 9.17) is 0 Å². The second kappa shape index (κ2) is 7.88. The van der Waals surface area contributed by atoms with Gasteiger partial charge in [0.25, 0.3) is 0 Å². The lowest BCUT2D eigenvalue weighted by Crippen LogP contribution is -2.33. The third-order valence-electron chi connectivity index (χ3n) is 3.19. The van der Waals surface area contributed by atoms with Crippen LogP contribution in [0.4, 0.5) is 0 Å². The lowest BCUT2D eigenvalue weighted by Gasteiger charge is -2.24.